The zero-order valence-electron chi connectivity index (χ0n) is 15.2. The Hall–Kier alpha value is -1.10. The van der Waals surface area contributed by atoms with Crippen molar-refractivity contribution in [3.63, 3.8) is 0 Å². The van der Waals surface area contributed by atoms with Crippen molar-refractivity contribution in [2.75, 3.05) is 40.4 Å². The normalized spacial score (nSPS) is 11.1. The van der Waals surface area contributed by atoms with E-state index in [1.807, 2.05) is 20.9 Å². The van der Waals surface area contributed by atoms with Crippen LogP contribution in [0.4, 0.5) is 0 Å². The monoisotopic (exact) mass is 314 g/mol. The molecule has 0 fully saturated rings. The van der Waals surface area contributed by atoms with Crippen molar-refractivity contribution >= 4 is 11.8 Å². The van der Waals surface area contributed by atoms with Crippen LogP contribution in [0.1, 0.15) is 47.0 Å². The predicted molar refractivity (Wildman–Crippen MR) is 89.6 cm³/mol. The predicted octanol–water partition coefficient (Wildman–Crippen LogP) is 2.40. The molecule has 0 aliphatic carbocycles. The van der Waals surface area contributed by atoms with Crippen molar-refractivity contribution in [3.05, 3.63) is 0 Å². The third-order valence-corrected chi connectivity index (χ3v) is 3.51. The van der Waals surface area contributed by atoms with Crippen LogP contribution in [-0.4, -0.2) is 62.0 Å². The molecule has 0 saturated carbocycles. The minimum Gasteiger partial charge on any atom is -0.378 e. The highest BCUT2D eigenvalue weighted by molar-refractivity contribution is 5.76. The molecule has 0 bridgehead atoms. The van der Waals surface area contributed by atoms with Crippen LogP contribution in [-0.2, 0) is 14.3 Å². The Kier molecular flexibility index (Phi) is 10.9. The minimum absolute atomic E-state index is 0.152. The first-order valence-electron chi connectivity index (χ1n) is 8.29. The van der Waals surface area contributed by atoms with Crippen LogP contribution in [0.25, 0.3) is 0 Å². The van der Waals surface area contributed by atoms with Crippen molar-refractivity contribution in [3.8, 4) is 0 Å². The number of ether oxygens (including phenoxy) is 1. The SMILES string of the molecule is CC(C)CCC(=O)N(C)CCOCCN(C)C(=O)CC(C)C. The standard InChI is InChI=1S/C17H34N2O3/c1-14(2)7-8-16(20)18(5)9-11-22-12-10-19(6)17(21)13-15(3)4/h14-15H,7-13H2,1-6H3. The lowest BCUT2D eigenvalue weighted by Crippen LogP contribution is -2.33. The van der Waals surface area contributed by atoms with Crippen molar-refractivity contribution in [2.24, 2.45) is 11.8 Å². The molecule has 130 valence electrons. The number of hydrogen-bond donors (Lipinski definition) is 0. The van der Waals surface area contributed by atoms with Crippen molar-refractivity contribution < 1.29 is 14.3 Å². The lowest BCUT2D eigenvalue weighted by molar-refractivity contribution is -0.131. The van der Waals surface area contributed by atoms with Gasteiger partial charge in [-0.2, -0.15) is 0 Å². The Morgan fingerprint density at radius 2 is 1.36 bits per heavy atom. The number of rotatable bonds is 11. The molecule has 0 unspecified atom stereocenters. The summed E-state index contributed by atoms with van der Waals surface area (Å²) in [6.07, 6.45) is 2.09. The number of carbonyl (C=O) groups is 2. The molecular formula is C17H34N2O3. The van der Waals surface area contributed by atoms with Gasteiger partial charge >= 0.3 is 0 Å². The Labute approximate surface area is 136 Å². The molecule has 0 aromatic carbocycles. The van der Waals surface area contributed by atoms with Crippen LogP contribution in [0.2, 0.25) is 0 Å². The van der Waals surface area contributed by atoms with E-state index in [0.717, 1.165) is 6.42 Å². The molecule has 22 heavy (non-hydrogen) atoms. The summed E-state index contributed by atoms with van der Waals surface area (Å²) in [6.45, 7) is 10.5. The summed E-state index contributed by atoms with van der Waals surface area (Å²) < 4.78 is 5.52. The number of carbonyl (C=O) groups excluding carboxylic acids is 2. The van der Waals surface area contributed by atoms with Gasteiger partial charge in [-0.3, -0.25) is 9.59 Å². The summed E-state index contributed by atoms with van der Waals surface area (Å²) >= 11 is 0. The highest BCUT2D eigenvalue weighted by atomic mass is 16.5. The molecule has 0 rings (SSSR count). The molecule has 0 aromatic heterocycles. The van der Waals surface area contributed by atoms with Gasteiger partial charge in [0.2, 0.25) is 11.8 Å². The topological polar surface area (TPSA) is 49.9 Å². The third-order valence-electron chi connectivity index (χ3n) is 3.51. The van der Waals surface area contributed by atoms with Gasteiger partial charge < -0.3 is 14.5 Å². The Morgan fingerprint density at radius 1 is 0.864 bits per heavy atom. The Balaban J connectivity index is 3.71. The summed E-state index contributed by atoms with van der Waals surface area (Å²) in [5, 5.41) is 0. The second-order valence-corrected chi connectivity index (χ2v) is 6.77. The largest absolute Gasteiger partial charge is 0.378 e. The lowest BCUT2D eigenvalue weighted by Gasteiger charge is -2.20. The van der Waals surface area contributed by atoms with Gasteiger partial charge in [-0.1, -0.05) is 27.7 Å². The average molecular weight is 314 g/mol. The summed E-state index contributed by atoms with van der Waals surface area (Å²) in [4.78, 5) is 27.0. The highest BCUT2D eigenvalue weighted by Crippen LogP contribution is 2.05. The molecule has 0 saturated heterocycles. The zero-order valence-corrected chi connectivity index (χ0v) is 15.2. The first kappa shape index (κ1) is 20.9. The van der Waals surface area contributed by atoms with Gasteiger partial charge in [-0.15, -0.1) is 0 Å². The molecule has 0 radical (unpaired) electrons. The molecular weight excluding hydrogens is 280 g/mol. The highest BCUT2D eigenvalue weighted by Gasteiger charge is 2.11. The summed E-state index contributed by atoms with van der Waals surface area (Å²) in [5.41, 5.74) is 0. The molecule has 0 N–H and O–H groups in total. The van der Waals surface area contributed by atoms with E-state index in [-0.39, 0.29) is 11.8 Å². The van der Waals surface area contributed by atoms with Gasteiger partial charge in [0.05, 0.1) is 13.2 Å². The van der Waals surface area contributed by atoms with Gasteiger partial charge in [-0.25, -0.2) is 0 Å². The molecule has 0 heterocycles. The van der Waals surface area contributed by atoms with E-state index < -0.39 is 0 Å². The van der Waals surface area contributed by atoms with Crippen LogP contribution in [0, 0.1) is 11.8 Å². The van der Waals surface area contributed by atoms with Crippen molar-refractivity contribution in [1.29, 1.82) is 0 Å². The second-order valence-electron chi connectivity index (χ2n) is 6.77. The zero-order chi connectivity index (χ0) is 17.1. The lowest BCUT2D eigenvalue weighted by atomic mass is 10.1. The molecule has 5 heteroatoms. The molecule has 2 amide bonds. The summed E-state index contributed by atoms with van der Waals surface area (Å²) in [5.74, 6) is 1.25. The van der Waals surface area contributed by atoms with E-state index in [1.54, 1.807) is 16.8 Å². The Bertz CT molecular complexity index is 330. The van der Waals surface area contributed by atoms with Crippen LogP contribution >= 0.6 is 0 Å². The van der Waals surface area contributed by atoms with Crippen molar-refractivity contribution in [1.82, 2.24) is 9.80 Å². The van der Waals surface area contributed by atoms with E-state index in [9.17, 15) is 9.59 Å². The van der Waals surface area contributed by atoms with Crippen LogP contribution in [0.15, 0.2) is 0 Å². The quantitative estimate of drug-likeness (QED) is 0.550. The minimum atomic E-state index is 0.152. The summed E-state index contributed by atoms with van der Waals surface area (Å²) in [7, 11) is 3.61. The van der Waals surface area contributed by atoms with Gasteiger partial charge in [-0.05, 0) is 18.3 Å². The van der Waals surface area contributed by atoms with Crippen molar-refractivity contribution in [2.45, 2.75) is 47.0 Å². The first-order chi connectivity index (χ1) is 10.2. The summed E-state index contributed by atoms with van der Waals surface area (Å²) in [6, 6.07) is 0. The maximum atomic E-state index is 11.8. The first-order valence-corrected chi connectivity index (χ1v) is 8.29. The van der Waals surface area contributed by atoms with Gasteiger partial charge in [0.25, 0.3) is 0 Å². The third kappa shape index (κ3) is 10.6. The smallest absolute Gasteiger partial charge is 0.222 e. The van der Waals surface area contributed by atoms with Crippen LogP contribution in [0.5, 0.6) is 0 Å². The fraction of sp³-hybridized carbons (Fsp3) is 0.882. The van der Waals surface area contributed by atoms with E-state index in [0.29, 0.717) is 51.0 Å². The molecule has 0 aromatic rings. The van der Waals surface area contributed by atoms with Crippen LogP contribution < -0.4 is 0 Å². The van der Waals surface area contributed by atoms with Gasteiger partial charge in [0, 0.05) is 40.0 Å². The second kappa shape index (κ2) is 11.5. The van der Waals surface area contributed by atoms with E-state index in [4.69, 9.17) is 4.74 Å². The number of nitrogens with zero attached hydrogens (tertiary/aromatic N) is 2. The van der Waals surface area contributed by atoms with Gasteiger partial charge in [0.1, 0.15) is 0 Å². The van der Waals surface area contributed by atoms with E-state index in [1.165, 1.54) is 0 Å². The Morgan fingerprint density at radius 3 is 1.82 bits per heavy atom. The molecule has 5 nitrogen and oxygen atoms in total. The van der Waals surface area contributed by atoms with E-state index >= 15 is 0 Å². The number of hydrogen-bond acceptors (Lipinski definition) is 3. The fourth-order valence-corrected chi connectivity index (χ4v) is 1.86. The molecule has 0 atom stereocenters. The molecule has 0 aliphatic rings. The van der Waals surface area contributed by atoms with Gasteiger partial charge in [0.15, 0.2) is 0 Å². The molecule has 0 aliphatic heterocycles. The number of likely N-dealkylation sites (N-methyl/N-ethyl adjacent to an activating group) is 2. The molecule has 0 spiro atoms. The maximum absolute atomic E-state index is 11.8. The van der Waals surface area contributed by atoms with E-state index in [2.05, 4.69) is 13.8 Å². The number of amides is 2. The maximum Gasteiger partial charge on any atom is 0.222 e. The van der Waals surface area contributed by atoms with Crippen LogP contribution in [0.3, 0.4) is 0 Å². The average Bonchev–Trinajstić information content (AvgIpc) is 2.42. The fourth-order valence-electron chi connectivity index (χ4n) is 1.86.